The van der Waals surface area contributed by atoms with Crippen LogP contribution in [0.25, 0.3) is 110 Å². The van der Waals surface area contributed by atoms with Gasteiger partial charge in [-0.15, -0.1) is 0 Å². The Bertz CT molecular complexity index is 3890. The lowest BCUT2D eigenvalue weighted by molar-refractivity contribution is 0.669. The van der Waals surface area contributed by atoms with Gasteiger partial charge in [-0.25, -0.2) is 0 Å². The van der Waals surface area contributed by atoms with Gasteiger partial charge in [0.1, 0.15) is 11.2 Å². The normalized spacial score (nSPS) is 15.2. The van der Waals surface area contributed by atoms with Crippen LogP contribution in [-0.4, -0.2) is 0 Å². The van der Waals surface area contributed by atoms with Crippen molar-refractivity contribution >= 4 is 65.0 Å². The highest BCUT2D eigenvalue weighted by atomic mass is 16.3. The summed E-state index contributed by atoms with van der Waals surface area (Å²) in [6.45, 7) is 0. The average Bonchev–Trinajstić information content (AvgIpc) is 3.72. The number of furan rings is 1. The molecule has 11 aromatic rings. The Hall–Kier alpha value is -6.96. The second kappa shape index (κ2) is 11.8. The minimum absolute atomic E-state index is 0.0953. The maximum Gasteiger partial charge on any atom is 0.136 e. The predicted molar refractivity (Wildman–Crippen MR) is 225 cm³/mol. The van der Waals surface area contributed by atoms with E-state index in [1.54, 1.807) is 36.4 Å². The van der Waals surface area contributed by atoms with Gasteiger partial charge in [0, 0.05) is 10.8 Å². The zero-order chi connectivity index (χ0) is 46.2. The lowest BCUT2D eigenvalue weighted by Gasteiger charge is -2.20. The zero-order valence-corrected chi connectivity index (χ0v) is 27.9. The number of fused-ring (bicyclic) bond motifs is 7. The van der Waals surface area contributed by atoms with Crippen LogP contribution in [0.4, 0.5) is 0 Å². The van der Waals surface area contributed by atoms with E-state index in [1.807, 2.05) is 72.8 Å². The van der Waals surface area contributed by atoms with Gasteiger partial charge in [-0.3, -0.25) is 0 Å². The van der Waals surface area contributed by atoms with Crippen LogP contribution in [0.1, 0.15) is 17.8 Å². The molecule has 53 heavy (non-hydrogen) atoms. The van der Waals surface area contributed by atoms with Crippen LogP contribution < -0.4 is 0 Å². The first-order valence-corrected chi connectivity index (χ1v) is 17.2. The fraction of sp³-hybridized carbons (Fsp3) is 0. The third-order valence-electron chi connectivity index (χ3n) is 10.1. The van der Waals surface area contributed by atoms with E-state index in [1.165, 1.54) is 6.07 Å². The molecule has 0 bridgehead atoms. The van der Waals surface area contributed by atoms with Crippen molar-refractivity contribution in [3.05, 3.63) is 194 Å². The molecule has 246 valence electrons. The molecule has 0 radical (unpaired) electrons. The van der Waals surface area contributed by atoms with Crippen LogP contribution in [0, 0.1) is 0 Å². The highest BCUT2D eigenvalue weighted by Crippen LogP contribution is 2.47. The molecule has 0 amide bonds. The SMILES string of the molecule is [2H]c1c([2H])c(-c2c3c([2H])c([2H])c([2H])c([2H])c3c(-c3cccc4ccccc34)c3c([2H])c([2H])c([2H])c([2H])c23)c2c([2H])cc(-c3cccc4oc5cc(-c6ccccc6)ccc5c34)c([2H])c2c1[2H]. The third kappa shape index (κ3) is 4.64. The Morgan fingerprint density at radius 1 is 0.358 bits per heavy atom. The molecule has 11 rings (SSSR count). The number of rotatable bonds is 4. The van der Waals surface area contributed by atoms with Gasteiger partial charge >= 0.3 is 0 Å². The van der Waals surface area contributed by atoms with E-state index in [0.717, 1.165) is 21.9 Å². The standard InChI is InChI=1S/C52H32O/c1-2-13-33(14-3-1)35-27-30-47-49(32-35)53-48-26-12-23-40(52(47)48)37-28-29-39-36(31-37)17-11-25-42(39)51-45-21-8-6-19-43(45)50(44-20-7-9-22-46(44)51)41-24-10-16-34-15-4-5-18-38(34)41/h1-32H/i6D,7D,8D,9D,11D,17D,19D,20D,21D,22D,25D,29D,31D. The first-order chi connectivity index (χ1) is 31.7. The molecule has 0 N–H and O–H groups in total. The fourth-order valence-electron chi connectivity index (χ4n) is 7.74. The number of hydrogen-bond acceptors (Lipinski definition) is 1. The van der Waals surface area contributed by atoms with Crippen molar-refractivity contribution in [2.75, 3.05) is 0 Å². The summed E-state index contributed by atoms with van der Waals surface area (Å²) in [4.78, 5) is 0. The van der Waals surface area contributed by atoms with Crippen molar-refractivity contribution in [2.45, 2.75) is 0 Å². The number of benzene rings is 10. The van der Waals surface area contributed by atoms with Gasteiger partial charge in [-0.1, -0.05) is 170 Å². The minimum atomic E-state index is -0.650. The van der Waals surface area contributed by atoms with E-state index < -0.39 is 66.5 Å². The summed E-state index contributed by atoms with van der Waals surface area (Å²) < 4.78 is 128. The Labute approximate surface area is 325 Å². The molecule has 0 aliphatic carbocycles. The van der Waals surface area contributed by atoms with Crippen LogP contribution in [0.2, 0.25) is 0 Å². The van der Waals surface area contributed by atoms with Gasteiger partial charge in [-0.2, -0.15) is 0 Å². The molecule has 0 atom stereocenters. The van der Waals surface area contributed by atoms with E-state index in [2.05, 4.69) is 0 Å². The molecule has 0 fully saturated rings. The Morgan fingerprint density at radius 3 is 1.83 bits per heavy atom. The molecule has 0 saturated heterocycles. The van der Waals surface area contributed by atoms with Gasteiger partial charge in [0.15, 0.2) is 0 Å². The largest absolute Gasteiger partial charge is 0.456 e. The van der Waals surface area contributed by atoms with Gasteiger partial charge in [0.05, 0.1) is 17.8 Å². The first-order valence-electron chi connectivity index (χ1n) is 23.7. The summed E-state index contributed by atoms with van der Waals surface area (Å²) in [6, 6.07) is 28.1. The monoisotopic (exact) mass is 685 g/mol. The molecular weight excluding hydrogens is 641 g/mol. The second-order valence-corrected chi connectivity index (χ2v) is 13.0. The molecule has 1 nitrogen and oxygen atoms in total. The van der Waals surface area contributed by atoms with Crippen LogP contribution >= 0.6 is 0 Å². The molecule has 0 spiro atoms. The predicted octanol–water partition coefficient (Wildman–Crippen LogP) is 14.9. The Kier molecular flexibility index (Phi) is 4.36. The fourth-order valence-corrected chi connectivity index (χ4v) is 7.74. The zero-order valence-electron chi connectivity index (χ0n) is 40.9. The highest BCUT2D eigenvalue weighted by molar-refractivity contribution is 6.25. The topological polar surface area (TPSA) is 13.1 Å². The number of hydrogen-bond donors (Lipinski definition) is 0. The van der Waals surface area contributed by atoms with Gasteiger partial charge in [0.2, 0.25) is 0 Å². The quantitative estimate of drug-likeness (QED) is 0.168. The Balaban J connectivity index is 1.31. The average molecular weight is 686 g/mol. The minimum Gasteiger partial charge on any atom is -0.456 e. The van der Waals surface area contributed by atoms with Crippen molar-refractivity contribution in [1.29, 1.82) is 0 Å². The molecule has 0 aliphatic heterocycles. The van der Waals surface area contributed by atoms with Crippen LogP contribution in [0.5, 0.6) is 0 Å². The molecule has 0 saturated carbocycles. The van der Waals surface area contributed by atoms with Crippen molar-refractivity contribution in [1.82, 2.24) is 0 Å². The molecular formula is C52H32O. The van der Waals surface area contributed by atoms with Gasteiger partial charge < -0.3 is 4.42 Å². The smallest absolute Gasteiger partial charge is 0.136 e. The van der Waals surface area contributed by atoms with E-state index in [4.69, 9.17) is 9.90 Å². The summed E-state index contributed by atoms with van der Waals surface area (Å²) in [6.07, 6.45) is 0. The maximum absolute atomic E-state index is 9.83. The summed E-state index contributed by atoms with van der Waals surface area (Å²) in [5, 5.41) is 1.86. The van der Waals surface area contributed by atoms with Crippen LogP contribution in [0.3, 0.4) is 0 Å². The lowest BCUT2D eigenvalue weighted by atomic mass is 9.83. The Morgan fingerprint density at radius 2 is 1.04 bits per heavy atom. The molecule has 1 heteroatoms. The first kappa shape index (κ1) is 19.6. The second-order valence-electron chi connectivity index (χ2n) is 13.0. The summed E-state index contributed by atoms with van der Waals surface area (Å²) in [5.41, 5.74) is 3.82. The van der Waals surface area contributed by atoms with Crippen LogP contribution in [-0.2, 0) is 0 Å². The van der Waals surface area contributed by atoms with Crippen molar-refractivity contribution in [3.63, 3.8) is 0 Å². The van der Waals surface area contributed by atoms with Gasteiger partial charge in [0.25, 0.3) is 0 Å². The highest BCUT2D eigenvalue weighted by Gasteiger charge is 2.20. The third-order valence-corrected chi connectivity index (χ3v) is 10.1. The van der Waals surface area contributed by atoms with Gasteiger partial charge in [-0.05, 0) is 112 Å². The molecule has 10 aromatic carbocycles. The van der Waals surface area contributed by atoms with E-state index in [0.29, 0.717) is 33.1 Å². The van der Waals surface area contributed by atoms with E-state index >= 15 is 0 Å². The summed E-state index contributed by atoms with van der Waals surface area (Å²) in [7, 11) is 0. The van der Waals surface area contributed by atoms with Crippen molar-refractivity contribution in [3.8, 4) is 44.5 Å². The lowest BCUT2D eigenvalue weighted by Crippen LogP contribution is -1.92. The maximum atomic E-state index is 9.83. The summed E-state index contributed by atoms with van der Waals surface area (Å²) in [5.74, 6) is 0. The van der Waals surface area contributed by atoms with Crippen LogP contribution in [0.15, 0.2) is 198 Å². The van der Waals surface area contributed by atoms with Crippen molar-refractivity contribution in [2.24, 2.45) is 0 Å². The van der Waals surface area contributed by atoms with E-state index in [-0.39, 0.29) is 66.7 Å². The molecule has 0 aliphatic rings. The molecule has 1 heterocycles. The summed E-state index contributed by atoms with van der Waals surface area (Å²) >= 11 is 0. The van der Waals surface area contributed by atoms with E-state index in [9.17, 15) is 12.3 Å². The molecule has 0 unspecified atom stereocenters. The molecule has 1 aromatic heterocycles. The van der Waals surface area contributed by atoms with Crippen molar-refractivity contribution < 1.29 is 22.2 Å².